The van der Waals surface area contributed by atoms with Gasteiger partial charge in [0.25, 0.3) is 0 Å². The van der Waals surface area contributed by atoms with E-state index in [1.54, 1.807) is 0 Å². The van der Waals surface area contributed by atoms with Crippen LogP contribution in [0.25, 0.3) is 0 Å². The van der Waals surface area contributed by atoms with Crippen LogP contribution in [0.2, 0.25) is 0 Å². The third kappa shape index (κ3) is 14.4. The van der Waals surface area contributed by atoms with Crippen LogP contribution in [0.1, 0.15) is 25.7 Å². The first-order valence-corrected chi connectivity index (χ1v) is 7.09. The van der Waals surface area contributed by atoms with E-state index in [2.05, 4.69) is 9.84 Å². The molecule has 0 aromatic carbocycles. The third-order valence-corrected chi connectivity index (χ3v) is 2.53. The summed E-state index contributed by atoms with van der Waals surface area (Å²) in [4.78, 5) is 16.7. The van der Waals surface area contributed by atoms with Crippen molar-refractivity contribution in [2.45, 2.75) is 25.7 Å². The third-order valence-electron chi connectivity index (χ3n) is 1.74. The number of rotatable bonds is 10. The van der Waals surface area contributed by atoms with Gasteiger partial charge < -0.3 is 15.1 Å². The molecule has 0 radical (unpaired) electrons. The van der Waals surface area contributed by atoms with Gasteiger partial charge in [0.05, 0.1) is 6.61 Å². The summed E-state index contributed by atoms with van der Waals surface area (Å²) in [6.45, 7) is 1.70. The molecule has 0 atom stereocenters. The number of nitrogens with one attached hydrogen (secondary N) is 1. The van der Waals surface area contributed by atoms with Gasteiger partial charge in [0, 0.05) is 5.88 Å². The summed E-state index contributed by atoms with van der Waals surface area (Å²) in [6, 6.07) is 0. The fourth-order valence-corrected chi connectivity index (χ4v) is 1.58. The second kappa shape index (κ2) is 9.58. The molecular weight excluding hydrogens is 241 g/mol. The molecule has 0 amide bonds. The van der Waals surface area contributed by atoms with Crippen molar-refractivity contribution in [3.63, 3.8) is 0 Å². The van der Waals surface area contributed by atoms with Crippen LogP contribution in [0.15, 0.2) is 0 Å². The Morgan fingerprint density at radius 1 is 1.13 bits per heavy atom. The van der Waals surface area contributed by atoms with E-state index in [1.807, 2.05) is 0 Å². The van der Waals surface area contributed by atoms with Crippen molar-refractivity contribution >= 4 is 19.4 Å². The predicted molar refractivity (Wildman–Crippen MR) is 60.1 cm³/mol. The Kier molecular flexibility index (Phi) is 9.81. The first-order valence-electron chi connectivity index (χ1n) is 5.03. The summed E-state index contributed by atoms with van der Waals surface area (Å²) in [5.74, 6) is 0.704. The number of hydrogen-bond donors (Lipinski definition) is 3. The van der Waals surface area contributed by atoms with Crippen molar-refractivity contribution in [2.75, 3.05) is 25.6 Å². The van der Waals surface area contributed by atoms with E-state index in [9.17, 15) is 4.57 Å². The van der Waals surface area contributed by atoms with E-state index in [-0.39, 0.29) is 6.61 Å². The predicted octanol–water partition coefficient (Wildman–Crippen LogP) is 1.48. The maximum atomic E-state index is 10.3. The van der Waals surface area contributed by atoms with Crippen LogP contribution >= 0.6 is 19.4 Å². The normalized spacial score (nSPS) is 11.9. The Balaban J connectivity index is 3.02. The lowest BCUT2D eigenvalue weighted by Crippen LogP contribution is -2.17. The molecule has 7 heteroatoms. The zero-order valence-corrected chi connectivity index (χ0v) is 10.3. The standard InChI is InChI=1S/C8H19ClNO4P/c9-5-2-1-3-6-10-7-4-8-14-15(11,12)13/h10H,1-8H2,(H2,11,12,13). The van der Waals surface area contributed by atoms with Gasteiger partial charge in [-0.05, 0) is 32.4 Å². The average molecular weight is 260 g/mol. The minimum atomic E-state index is -4.28. The molecule has 3 N–H and O–H groups in total. The van der Waals surface area contributed by atoms with Gasteiger partial charge in [-0.2, -0.15) is 0 Å². The van der Waals surface area contributed by atoms with Gasteiger partial charge in [-0.15, -0.1) is 11.6 Å². The average Bonchev–Trinajstić information content (AvgIpc) is 2.14. The molecule has 0 aliphatic carbocycles. The van der Waals surface area contributed by atoms with E-state index in [0.717, 1.165) is 25.8 Å². The lowest BCUT2D eigenvalue weighted by molar-refractivity contribution is 0.194. The molecule has 5 nitrogen and oxygen atoms in total. The second-order valence-corrected chi connectivity index (χ2v) is 4.79. The zero-order chi connectivity index (χ0) is 11.6. The van der Waals surface area contributed by atoms with Crippen molar-refractivity contribution in [2.24, 2.45) is 0 Å². The SMILES string of the molecule is O=P(O)(O)OCCCNCCCCCCl. The Hall–Kier alpha value is 0.360. The molecule has 0 bridgehead atoms. The molecule has 0 rings (SSSR count). The van der Waals surface area contributed by atoms with Crippen molar-refractivity contribution in [3.8, 4) is 0 Å². The van der Waals surface area contributed by atoms with E-state index < -0.39 is 7.82 Å². The first kappa shape index (κ1) is 15.4. The Labute approximate surface area is 95.4 Å². The summed E-state index contributed by atoms with van der Waals surface area (Å²) in [5.41, 5.74) is 0. The number of hydrogen-bond acceptors (Lipinski definition) is 3. The Bertz CT molecular complexity index is 187. The van der Waals surface area contributed by atoms with Gasteiger partial charge in [-0.1, -0.05) is 6.42 Å². The minimum absolute atomic E-state index is 0.0823. The van der Waals surface area contributed by atoms with E-state index >= 15 is 0 Å². The van der Waals surface area contributed by atoms with Crippen molar-refractivity contribution in [1.82, 2.24) is 5.32 Å². The number of unbranched alkanes of at least 4 members (excludes halogenated alkanes) is 2. The summed E-state index contributed by atoms with van der Waals surface area (Å²) in [6.07, 6.45) is 3.81. The number of alkyl halides is 1. The summed E-state index contributed by atoms with van der Waals surface area (Å²) in [7, 11) is -4.28. The highest BCUT2D eigenvalue weighted by Crippen LogP contribution is 2.35. The maximum Gasteiger partial charge on any atom is 0.469 e. The lowest BCUT2D eigenvalue weighted by atomic mass is 10.2. The quantitative estimate of drug-likeness (QED) is 0.315. The van der Waals surface area contributed by atoms with Crippen LogP contribution in [0.3, 0.4) is 0 Å². The van der Waals surface area contributed by atoms with Gasteiger partial charge in [-0.25, -0.2) is 4.57 Å². The van der Waals surface area contributed by atoms with Crippen LogP contribution in [0, 0.1) is 0 Å². The molecule has 92 valence electrons. The molecule has 15 heavy (non-hydrogen) atoms. The van der Waals surface area contributed by atoms with Crippen molar-refractivity contribution < 1.29 is 18.9 Å². The number of phosphoric ester groups is 1. The first-order chi connectivity index (χ1) is 7.06. The maximum absolute atomic E-state index is 10.3. The molecule has 0 heterocycles. The molecule has 0 saturated carbocycles. The minimum Gasteiger partial charge on any atom is -0.317 e. The molecule has 0 saturated heterocycles. The van der Waals surface area contributed by atoms with Crippen molar-refractivity contribution in [1.29, 1.82) is 0 Å². The van der Waals surface area contributed by atoms with Gasteiger partial charge >= 0.3 is 7.82 Å². The smallest absolute Gasteiger partial charge is 0.317 e. The molecule has 0 aliphatic rings. The van der Waals surface area contributed by atoms with Gasteiger partial charge in [0.1, 0.15) is 0 Å². The zero-order valence-electron chi connectivity index (χ0n) is 8.69. The van der Waals surface area contributed by atoms with Crippen LogP contribution in [-0.4, -0.2) is 35.4 Å². The van der Waals surface area contributed by atoms with E-state index in [0.29, 0.717) is 18.8 Å². The number of phosphoric acid groups is 1. The van der Waals surface area contributed by atoms with Gasteiger partial charge in [0.15, 0.2) is 0 Å². The summed E-state index contributed by atoms with van der Waals surface area (Å²) >= 11 is 5.51. The molecule has 0 aromatic rings. The Morgan fingerprint density at radius 2 is 1.80 bits per heavy atom. The molecule has 0 spiro atoms. The fraction of sp³-hybridized carbons (Fsp3) is 1.00. The topological polar surface area (TPSA) is 78.8 Å². The molecular formula is C8H19ClNO4P. The summed E-state index contributed by atoms with van der Waals surface area (Å²) < 4.78 is 14.6. The summed E-state index contributed by atoms with van der Waals surface area (Å²) in [5, 5.41) is 3.15. The highest BCUT2D eigenvalue weighted by Gasteiger charge is 2.12. The van der Waals surface area contributed by atoms with Crippen molar-refractivity contribution in [3.05, 3.63) is 0 Å². The molecule has 0 aliphatic heterocycles. The van der Waals surface area contributed by atoms with E-state index in [4.69, 9.17) is 21.4 Å². The van der Waals surface area contributed by atoms with Crippen LogP contribution < -0.4 is 5.32 Å². The number of halogens is 1. The Morgan fingerprint density at radius 3 is 2.40 bits per heavy atom. The lowest BCUT2D eigenvalue weighted by Gasteiger charge is -2.06. The van der Waals surface area contributed by atoms with Crippen LogP contribution in [-0.2, 0) is 9.09 Å². The second-order valence-electron chi connectivity index (χ2n) is 3.18. The molecule has 0 unspecified atom stereocenters. The fourth-order valence-electron chi connectivity index (χ4n) is 1.03. The highest BCUT2D eigenvalue weighted by molar-refractivity contribution is 7.46. The van der Waals surface area contributed by atoms with E-state index in [1.165, 1.54) is 0 Å². The molecule has 0 aromatic heterocycles. The monoisotopic (exact) mass is 259 g/mol. The van der Waals surface area contributed by atoms with Gasteiger partial charge in [0.2, 0.25) is 0 Å². The molecule has 0 fully saturated rings. The largest absolute Gasteiger partial charge is 0.469 e. The van der Waals surface area contributed by atoms with Crippen LogP contribution in [0.4, 0.5) is 0 Å². The van der Waals surface area contributed by atoms with Gasteiger partial charge in [-0.3, -0.25) is 4.52 Å². The highest BCUT2D eigenvalue weighted by atomic mass is 35.5. The van der Waals surface area contributed by atoms with Crippen LogP contribution in [0.5, 0.6) is 0 Å².